The van der Waals surface area contributed by atoms with Crippen LogP contribution in [0.25, 0.3) is 11.6 Å². The first-order chi connectivity index (χ1) is 15.3. The summed E-state index contributed by atoms with van der Waals surface area (Å²) in [6, 6.07) is 4.05. The van der Waals surface area contributed by atoms with Crippen LogP contribution < -0.4 is 10.6 Å². The molecular weight excluding hydrogens is 415 g/mol. The van der Waals surface area contributed by atoms with Gasteiger partial charge in [-0.15, -0.1) is 0 Å². The minimum Gasteiger partial charge on any atom is -0.387 e. The Labute approximate surface area is 184 Å². The van der Waals surface area contributed by atoms with Crippen molar-refractivity contribution < 1.29 is 23.9 Å². The highest BCUT2D eigenvalue weighted by Gasteiger charge is 2.28. The molecule has 3 heterocycles. The molecule has 0 bridgehead atoms. The zero-order valence-electron chi connectivity index (χ0n) is 17.9. The van der Waals surface area contributed by atoms with Crippen LogP contribution in [0.1, 0.15) is 45.7 Å². The van der Waals surface area contributed by atoms with Gasteiger partial charge < -0.3 is 25.6 Å². The van der Waals surface area contributed by atoms with Gasteiger partial charge in [-0.2, -0.15) is 0 Å². The fraction of sp³-hybridized carbons (Fsp3) is 0.348. The molecule has 1 saturated heterocycles. The van der Waals surface area contributed by atoms with Crippen LogP contribution in [-0.2, 0) is 9.59 Å². The fourth-order valence-corrected chi connectivity index (χ4v) is 4.34. The lowest BCUT2D eigenvalue weighted by atomic mass is 10.0. The molecule has 0 radical (unpaired) electrons. The highest BCUT2D eigenvalue weighted by atomic mass is 19.1. The number of benzene rings is 1. The topological polar surface area (TPSA) is 115 Å². The Balaban J connectivity index is 1.52. The van der Waals surface area contributed by atoms with Gasteiger partial charge in [-0.05, 0) is 56.5 Å². The van der Waals surface area contributed by atoms with Crippen LogP contribution in [0.2, 0.25) is 0 Å². The molecule has 4 rings (SSSR count). The van der Waals surface area contributed by atoms with Crippen LogP contribution in [0.4, 0.5) is 10.1 Å². The van der Waals surface area contributed by atoms with Crippen molar-refractivity contribution >= 4 is 35.1 Å². The molecule has 0 spiro atoms. The van der Waals surface area contributed by atoms with Gasteiger partial charge in [0.1, 0.15) is 12.4 Å². The van der Waals surface area contributed by atoms with Gasteiger partial charge >= 0.3 is 0 Å². The Hall–Kier alpha value is -3.46. The first-order valence-electron chi connectivity index (χ1n) is 10.5. The summed E-state index contributed by atoms with van der Waals surface area (Å²) in [7, 11) is 0. The molecule has 2 aromatic rings. The highest BCUT2D eigenvalue weighted by Crippen LogP contribution is 2.34. The number of aromatic amines is 1. The standard InChI is InChI=1S/C23H25FN4O4/c1-12-19(10-17-16-9-14(24)3-4-18(16)27-22(17)31)25-13(2)21(12)23(32)26-15-5-7-28(8-6-15)20(30)11-29/h3-4,9-10,15,25,29H,5-8,11H2,1-2H3,(H,26,32)(H,27,31). The predicted molar refractivity (Wildman–Crippen MR) is 117 cm³/mol. The lowest BCUT2D eigenvalue weighted by molar-refractivity contribution is -0.135. The molecule has 4 N–H and O–H groups in total. The number of hydrogen-bond acceptors (Lipinski definition) is 4. The number of fused-ring (bicyclic) bond motifs is 1. The number of aliphatic hydroxyl groups is 1. The van der Waals surface area contributed by atoms with Gasteiger partial charge in [-0.25, -0.2) is 4.39 Å². The Morgan fingerprint density at radius 1 is 1.28 bits per heavy atom. The van der Waals surface area contributed by atoms with Gasteiger partial charge in [-0.3, -0.25) is 14.4 Å². The van der Waals surface area contributed by atoms with Crippen molar-refractivity contribution in [1.82, 2.24) is 15.2 Å². The first-order valence-corrected chi connectivity index (χ1v) is 10.5. The molecule has 1 aromatic heterocycles. The number of hydrogen-bond donors (Lipinski definition) is 4. The molecule has 168 valence electrons. The number of amides is 3. The second kappa shape index (κ2) is 8.58. The number of anilines is 1. The number of aryl methyl sites for hydroxylation is 1. The van der Waals surface area contributed by atoms with Crippen LogP contribution in [0.3, 0.4) is 0 Å². The third kappa shape index (κ3) is 4.03. The van der Waals surface area contributed by atoms with Crippen molar-refractivity contribution in [2.45, 2.75) is 32.7 Å². The molecular formula is C23H25FN4O4. The second-order valence-electron chi connectivity index (χ2n) is 8.15. The number of carbonyl (C=O) groups excluding carboxylic acids is 3. The van der Waals surface area contributed by atoms with Crippen molar-refractivity contribution in [3.05, 3.63) is 52.1 Å². The summed E-state index contributed by atoms with van der Waals surface area (Å²) in [4.78, 5) is 41.7. The normalized spacial score (nSPS) is 17.4. The SMILES string of the molecule is Cc1[nH]c(C=C2C(=O)Nc3ccc(F)cc32)c(C)c1C(=O)NC1CCN(C(=O)CO)CC1. The van der Waals surface area contributed by atoms with Gasteiger partial charge in [0.2, 0.25) is 5.91 Å². The third-order valence-corrected chi connectivity index (χ3v) is 6.07. The van der Waals surface area contributed by atoms with E-state index in [0.717, 1.165) is 0 Å². The Morgan fingerprint density at radius 2 is 2.00 bits per heavy atom. The number of rotatable bonds is 4. The zero-order chi connectivity index (χ0) is 23.0. The van der Waals surface area contributed by atoms with E-state index >= 15 is 0 Å². The van der Waals surface area contributed by atoms with Crippen molar-refractivity contribution in [2.75, 3.05) is 25.0 Å². The quantitative estimate of drug-likeness (QED) is 0.544. The number of piperidine rings is 1. The van der Waals surface area contributed by atoms with E-state index in [4.69, 9.17) is 5.11 Å². The minimum absolute atomic E-state index is 0.0730. The van der Waals surface area contributed by atoms with E-state index in [1.807, 2.05) is 0 Å². The smallest absolute Gasteiger partial charge is 0.256 e. The Bertz CT molecular complexity index is 1130. The average Bonchev–Trinajstić information content (AvgIpc) is 3.23. The number of carbonyl (C=O) groups is 3. The van der Waals surface area contributed by atoms with Crippen LogP contribution in [0.5, 0.6) is 0 Å². The summed E-state index contributed by atoms with van der Waals surface area (Å²) in [6.07, 6.45) is 2.86. The summed E-state index contributed by atoms with van der Waals surface area (Å²) in [6.45, 7) is 4.05. The number of nitrogens with zero attached hydrogens (tertiary/aromatic N) is 1. The molecule has 0 saturated carbocycles. The minimum atomic E-state index is -0.508. The Kier molecular flexibility index (Phi) is 5.84. The molecule has 1 aromatic carbocycles. The summed E-state index contributed by atoms with van der Waals surface area (Å²) in [5.41, 5.74) is 3.83. The molecule has 0 unspecified atom stereocenters. The van der Waals surface area contributed by atoms with Gasteiger partial charge in [-0.1, -0.05) is 0 Å². The number of halogens is 1. The number of H-pyrrole nitrogens is 1. The van der Waals surface area contributed by atoms with Gasteiger partial charge in [0.05, 0.1) is 11.1 Å². The van der Waals surface area contributed by atoms with Gasteiger partial charge in [0.15, 0.2) is 0 Å². The molecule has 32 heavy (non-hydrogen) atoms. The monoisotopic (exact) mass is 440 g/mol. The molecule has 0 atom stereocenters. The number of aromatic nitrogens is 1. The van der Waals surface area contributed by atoms with Crippen molar-refractivity contribution in [3.8, 4) is 0 Å². The molecule has 9 heteroatoms. The number of likely N-dealkylation sites (tertiary alicyclic amines) is 1. The van der Waals surface area contributed by atoms with Crippen LogP contribution in [-0.4, -0.2) is 58.5 Å². The molecule has 2 aliphatic heterocycles. The van der Waals surface area contributed by atoms with Crippen molar-refractivity contribution in [3.63, 3.8) is 0 Å². The number of aliphatic hydroxyl groups excluding tert-OH is 1. The summed E-state index contributed by atoms with van der Waals surface area (Å²) >= 11 is 0. The van der Waals surface area contributed by atoms with E-state index in [9.17, 15) is 18.8 Å². The summed E-state index contributed by atoms with van der Waals surface area (Å²) in [5.74, 6) is -1.29. The zero-order valence-corrected chi connectivity index (χ0v) is 17.9. The molecule has 0 aliphatic carbocycles. The summed E-state index contributed by atoms with van der Waals surface area (Å²) in [5, 5.41) is 14.7. The van der Waals surface area contributed by atoms with Gasteiger partial charge in [0, 0.05) is 41.8 Å². The van der Waals surface area contributed by atoms with E-state index in [2.05, 4.69) is 15.6 Å². The van der Waals surface area contributed by atoms with Crippen molar-refractivity contribution in [2.24, 2.45) is 0 Å². The van der Waals surface area contributed by atoms with Crippen molar-refractivity contribution in [1.29, 1.82) is 0 Å². The second-order valence-corrected chi connectivity index (χ2v) is 8.15. The highest BCUT2D eigenvalue weighted by molar-refractivity contribution is 6.34. The Morgan fingerprint density at radius 3 is 2.69 bits per heavy atom. The van der Waals surface area contributed by atoms with E-state index in [-0.39, 0.29) is 23.8 Å². The molecule has 2 aliphatic rings. The lowest BCUT2D eigenvalue weighted by Gasteiger charge is -2.32. The van der Waals surface area contributed by atoms with E-state index in [1.54, 1.807) is 24.8 Å². The average molecular weight is 440 g/mol. The van der Waals surface area contributed by atoms with E-state index in [0.29, 0.717) is 65.3 Å². The molecule has 8 nitrogen and oxygen atoms in total. The predicted octanol–water partition coefficient (Wildman–Crippen LogP) is 1.98. The first kappa shape index (κ1) is 21.8. The molecule has 1 fully saturated rings. The largest absolute Gasteiger partial charge is 0.387 e. The van der Waals surface area contributed by atoms with E-state index < -0.39 is 12.4 Å². The van der Waals surface area contributed by atoms with Crippen LogP contribution >= 0.6 is 0 Å². The molecule has 3 amide bonds. The third-order valence-electron chi connectivity index (χ3n) is 6.07. The number of nitrogens with one attached hydrogen (secondary N) is 3. The maximum absolute atomic E-state index is 13.7. The van der Waals surface area contributed by atoms with Crippen LogP contribution in [0, 0.1) is 19.7 Å². The maximum Gasteiger partial charge on any atom is 0.256 e. The fourth-order valence-electron chi connectivity index (χ4n) is 4.34. The summed E-state index contributed by atoms with van der Waals surface area (Å²) < 4.78 is 13.7. The maximum atomic E-state index is 13.7. The van der Waals surface area contributed by atoms with Crippen LogP contribution in [0.15, 0.2) is 18.2 Å². The lowest BCUT2D eigenvalue weighted by Crippen LogP contribution is -2.47. The van der Waals surface area contributed by atoms with E-state index in [1.165, 1.54) is 18.2 Å². The van der Waals surface area contributed by atoms with Gasteiger partial charge in [0.25, 0.3) is 11.8 Å².